The van der Waals surface area contributed by atoms with Crippen molar-refractivity contribution in [3.63, 3.8) is 0 Å². The molecule has 0 bridgehead atoms. The van der Waals surface area contributed by atoms with E-state index >= 15 is 0 Å². The number of hydrogen-bond acceptors (Lipinski definition) is 3. The van der Waals surface area contributed by atoms with Gasteiger partial charge in [0.15, 0.2) is 0 Å². The molecule has 0 saturated heterocycles. The van der Waals surface area contributed by atoms with Gasteiger partial charge in [0.2, 0.25) is 0 Å². The molecule has 0 amide bonds. The van der Waals surface area contributed by atoms with E-state index in [0.717, 1.165) is 18.4 Å². The standard InChI is InChI=1S/C13H16O3/c14-9-8-12(10-4-2-1-3-5-10)16-13(15)11-6-7-11/h1-5,11-12,14H,6-9H2. The first-order valence-electron chi connectivity index (χ1n) is 5.67. The number of hydrogen-bond donors (Lipinski definition) is 1. The summed E-state index contributed by atoms with van der Waals surface area (Å²) in [5.41, 5.74) is 0.950. The molecule has 86 valence electrons. The average molecular weight is 220 g/mol. The van der Waals surface area contributed by atoms with Crippen LogP contribution in [0.2, 0.25) is 0 Å². The van der Waals surface area contributed by atoms with Crippen molar-refractivity contribution in [3.8, 4) is 0 Å². The summed E-state index contributed by atoms with van der Waals surface area (Å²) in [6.45, 7) is 0.0253. The number of ether oxygens (including phenoxy) is 1. The highest BCUT2D eigenvalue weighted by Crippen LogP contribution is 2.33. The molecule has 16 heavy (non-hydrogen) atoms. The van der Waals surface area contributed by atoms with Gasteiger partial charge in [0.05, 0.1) is 5.92 Å². The molecule has 1 aliphatic rings. The molecule has 3 heteroatoms. The molecule has 3 nitrogen and oxygen atoms in total. The Kier molecular flexibility index (Phi) is 3.57. The quantitative estimate of drug-likeness (QED) is 0.773. The Morgan fingerprint density at radius 1 is 1.38 bits per heavy atom. The molecule has 0 aliphatic heterocycles. The molecule has 1 atom stereocenters. The number of carbonyl (C=O) groups is 1. The lowest BCUT2D eigenvalue weighted by Crippen LogP contribution is -2.14. The van der Waals surface area contributed by atoms with Gasteiger partial charge in [0.1, 0.15) is 6.10 Å². The van der Waals surface area contributed by atoms with Crippen LogP contribution in [-0.4, -0.2) is 17.7 Å². The second-order valence-electron chi connectivity index (χ2n) is 4.12. The zero-order chi connectivity index (χ0) is 11.4. The van der Waals surface area contributed by atoms with Crippen LogP contribution in [0.15, 0.2) is 30.3 Å². The maximum atomic E-state index is 11.6. The third-order valence-electron chi connectivity index (χ3n) is 2.73. The summed E-state index contributed by atoms with van der Waals surface area (Å²) < 4.78 is 5.40. The van der Waals surface area contributed by atoms with E-state index in [1.165, 1.54) is 0 Å². The number of benzene rings is 1. The topological polar surface area (TPSA) is 46.5 Å². The van der Waals surface area contributed by atoms with Crippen LogP contribution in [0.5, 0.6) is 0 Å². The molecule has 0 heterocycles. The smallest absolute Gasteiger partial charge is 0.309 e. The van der Waals surface area contributed by atoms with Gasteiger partial charge in [-0.1, -0.05) is 30.3 Å². The molecule has 1 fully saturated rings. The Balaban J connectivity index is 2.01. The van der Waals surface area contributed by atoms with E-state index in [9.17, 15) is 4.79 Å². The molecular weight excluding hydrogens is 204 g/mol. The lowest BCUT2D eigenvalue weighted by atomic mass is 10.1. The van der Waals surface area contributed by atoms with Crippen molar-refractivity contribution in [1.82, 2.24) is 0 Å². The van der Waals surface area contributed by atoms with Gasteiger partial charge in [-0.05, 0) is 18.4 Å². The molecule has 2 rings (SSSR count). The van der Waals surface area contributed by atoms with Crippen molar-refractivity contribution in [2.24, 2.45) is 5.92 Å². The number of esters is 1. The van der Waals surface area contributed by atoms with Crippen LogP contribution in [0.1, 0.15) is 30.9 Å². The van der Waals surface area contributed by atoms with Gasteiger partial charge >= 0.3 is 5.97 Å². The Labute approximate surface area is 95.0 Å². The van der Waals surface area contributed by atoms with Crippen LogP contribution >= 0.6 is 0 Å². The minimum absolute atomic E-state index is 0.0253. The van der Waals surface area contributed by atoms with Gasteiger partial charge < -0.3 is 9.84 Å². The fourth-order valence-electron chi connectivity index (χ4n) is 1.63. The summed E-state index contributed by atoms with van der Waals surface area (Å²) in [6, 6.07) is 9.57. The first kappa shape index (κ1) is 11.1. The monoisotopic (exact) mass is 220 g/mol. The van der Waals surface area contributed by atoms with E-state index in [4.69, 9.17) is 9.84 Å². The Bertz CT molecular complexity index is 343. The van der Waals surface area contributed by atoms with Gasteiger partial charge in [-0.15, -0.1) is 0 Å². The maximum Gasteiger partial charge on any atom is 0.309 e. The summed E-state index contributed by atoms with van der Waals surface area (Å²) in [6.07, 6.45) is 2.04. The van der Waals surface area contributed by atoms with E-state index < -0.39 is 0 Å². The second-order valence-corrected chi connectivity index (χ2v) is 4.12. The largest absolute Gasteiger partial charge is 0.457 e. The highest BCUT2D eigenvalue weighted by molar-refractivity contribution is 5.75. The first-order chi connectivity index (χ1) is 7.81. The van der Waals surface area contributed by atoms with E-state index in [0.29, 0.717) is 6.42 Å². The van der Waals surface area contributed by atoms with Gasteiger partial charge in [0, 0.05) is 13.0 Å². The van der Waals surface area contributed by atoms with Gasteiger partial charge in [-0.3, -0.25) is 4.79 Å². The summed E-state index contributed by atoms with van der Waals surface area (Å²) in [5, 5.41) is 8.97. The molecule has 0 radical (unpaired) electrons. The van der Waals surface area contributed by atoms with Crippen molar-refractivity contribution in [3.05, 3.63) is 35.9 Å². The summed E-state index contributed by atoms with van der Waals surface area (Å²) in [4.78, 5) is 11.6. The molecule has 1 saturated carbocycles. The number of carbonyl (C=O) groups excluding carboxylic acids is 1. The van der Waals surface area contributed by atoms with Gasteiger partial charge in [-0.25, -0.2) is 0 Å². The van der Waals surface area contributed by atoms with Crippen LogP contribution in [0.3, 0.4) is 0 Å². The second kappa shape index (κ2) is 5.12. The van der Waals surface area contributed by atoms with Crippen LogP contribution < -0.4 is 0 Å². The first-order valence-corrected chi connectivity index (χ1v) is 5.67. The van der Waals surface area contributed by atoms with Gasteiger partial charge in [0.25, 0.3) is 0 Å². The van der Waals surface area contributed by atoms with Crippen LogP contribution in [0.4, 0.5) is 0 Å². The van der Waals surface area contributed by atoms with Crippen molar-refractivity contribution < 1.29 is 14.6 Å². The minimum Gasteiger partial charge on any atom is -0.457 e. The molecule has 0 spiro atoms. The zero-order valence-electron chi connectivity index (χ0n) is 9.13. The fraction of sp³-hybridized carbons (Fsp3) is 0.462. The highest BCUT2D eigenvalue weighted by Gasteiger charge is 2.33. The van der Waals surface area contributed by atoms with E-state index in [1.807, 2.05) is 30.3 Å². The third kappa shape index (κ3) is 2.83. The zero-order valence-corrected chi connectivity index (χ0v) is 9.13. The predicted molar refractivity (Wildman–Crippen MR) is 59.7 cm³/mol. The van der Waals surface area contributed by atoms with E-state index in [1.54, 1.807) is 0 Å². The van der Waals surface area contributed by atoms with Crippen molar-refractivity contribution >= 4 is 5.97 Å². The molecule has 1 N–H and O–H groups in total. The summed E-state index contributed by atoms with van der Waals surface area (Å²) in [5.74, 6) is -0.0211. The SMILES string of the molecule is O=C(OC(CCO)c1ccccc1)C1CC1. The Morgan fingerprint density at radius 3 is 2.62 bits per heavy atom. The van der Waals surface area contributed by atoms with Crippen LogP contribution in [-0.2, 0) is 9.53 Å². The Hall–Kier alpha value is -1.35. The normalized spacial score (nSPS) is 16.8. The predicted octanol–water partition coefficient (Wildman–Crippen LogP) is 2.06. The van der Waals surface area contributed by atoms with Gasteiger partial charge in [-0.2, -0.15) is 0 Å². The fourth-order valence-corrected chi connectivity index (χ4v) is 1.63. The number of aliphatic hydroxyl groups is 1. The number of rotatable bonds is 5. The maximum absolute atomic E-state index is 11.6. The molecule has 0 aromatic heterocycles. The van der Waals surface area contributed by atoms with E-state index in [-0.39, 0.29) is 24.6 Å². The summed E-state index contributed by atoms with van der Waals surface area (Å²) in [7, 11) is 0. The highest BCUT2D eigenvalue weighted by atomic mass is 16.5. The van der Waals surface area contributed by atoms with Crippen molar-refractivity contribution in [2.45, 2.75) is 25.4 Å². The lowest BCUT2D eigenvalue weighted by Gasteiger charge is -2.17. The third-order valence-corrected chi connectivity index (χ3v) is 2.73. The number of aliphatic hydroxyl groups excluding tert-OH is 1. The molecule has 1 aliphatic carbocycles. The Morgan fingerprint density at radius 2 is 2.06 bits per heavy atom. The molecular formula is C13H16O3. The summed E-state index contributed by atoms with van der Waals surface area (Å²) >= 11 is 0. The van der Waals surface area contributed by atoms with Crippen molar-refractivity contribution in [2.75, 3.05) is 6.61 Å². The van der Waals surface area contributed by atoms with Crippen LogP contribution in [0.25, 0.3) is 0 Å². The minimum atomic E-state index is -0.306. The molecule has 1 unspecified atom stereocenters. The average Bonchev–Trinajstić information content (AvgIpc) is 3.13. The molecule has 1 aromatic carbocycles. The van der Waals surface area contributed by atoms with E-state index in [2.05, 4.69) is 0 Å². The van der Waals surface area contributed by atoms with Crippen LogP contribution in [0, 0.1) is 5.92 Å². The molecule has 1 aromatic rings. The van der Waals surface area contributed by atoms with Crippen molar-refractivity contribution in [1.29, 1.82) is 0 Å². The lowest BCUT2D eigenvalue weighted by molar-refractivity contribution is -0.151.